The fourth-order valence-corrected chi connectivity index (χ4v) is 1.56. The summed E-state index contributed by atoms with van der Waals surface area (Å²) in [4.78, 5) is 8.25. The van der Waals surface area contributed by atoms with Crippen molar-refractivity contribution in [3.05, 3.63) is 47.5 Å². The molecule has 2 aromatic rings. The van der Waals surface area contributed by atoms with E-state index in [9.17, 15) is 4.39 Å². The highest BCUT2D eigenvalue weighted by Gasteiger charge is 2.03. The molecule has 0 radical (unpaired) electrons. The van der Waals surface area contributed by atoms with E-state index in [2.05, 4.69) is 20.7 Å². The topological polar surface area (TPSA) is 75.9 Å². The number of anilines is 2. The Morgan fingerprint density at radius 1 is 1.22 bits per heavy atom. The number of hydrogen-bond donors (Lipinski definition) is 3. The van der Waals surface area contributed by atoms with Crippen molar-refractivity contribution in [2.45, 2.75) is 13.5 Å². The van der Waals surface area contributed by atoms with Gasteiger partial charge in [0.25, 0.3) is 0 Å². The molecule has 0 aliphatic carbocycles. The van der Waals surface area contributed by atoms with Crippen LogP contribution in [0, 0.1) is 12.7 Å². The Morgan fingerprint density at radius 2 is 1.94 bits per heavy atom. The molecule has 0 unspecified atom stereocenters. The average molecular weight is 247 g/mol. The number of rotatable bonds is 4. The number of nitrogens with zero attached hydrogens (tertiary/aromatic N) is 2. The first-order chi connectivity index (χ1) is 8.69. The van der Waals surface area contributed by atoms with Gasteiger partial charge in [0, 0.05) is 18.2 Å². The number of aromatic nitrogens is 2. The van der Waals surface area contributed by atoms with E-state index in [0.717, 1.165) is 0 Å². The van der Waals surface area contributed by atoms with Gasteiger partial charge in [-0.1, -0.05) is 18.2 Å². The van der Waals surface area contributed by atoms with Crippen LogP contribution in [-0.2, 0) is 6.54 Å². The van der Waals surface area contributed by atoms with E-state index >= 15 is 0 Å². The van der Waals surface area contributed by atoms with Gasteiger partial charge in [0.05, 0.1) is 0 Å². The second-order valence-electron chi connectivity index (χ2n) is 3.77. The summed E-state index contributed by atoms with van der Waals surface area (Å²) >= 11 is 0. The second-order valence-corrected chi connectivity index (χ2v) is 3.77. The lowest BCUT2D eigenvalue weighted by Gasteiger charge is -2.08. The quantitative estimate of drug-likeness (QED) is 0.567. The van der Waals surface area contributed by atoms with Gasteiger partial charge < -0.3 is 10.7 Å². The predicted octanol–water partition coefficient (Wildman–Crippen LogP) is 1.82. The van der Waals surface area contributed by atoms with Crippen LogP contribution in [0.3, 0.4) is 0 Å². The number of hydrazine groups is 1. The van der Waals surface area contributed by atoms with Crippen LogP contribution in [0.15, 0.2) is 30.3 Å². The van der Waals surface area contributed by atoms with Crippen LogP contribution in [0.2, 0.25) is 0 Å². The normalized spacial score (nSPS) is 10.2. The molecule has 1 heterocycles. The molecule has 4 N–H and O–H groups in total. The van der Waals surface area contributed by atoms with Crippen molar-refractivity contribution in [2.75, 3.05) is 10.7 Å². The highest BCUT2D eigenvalue weighted by molar-refractivity contribution is 5.47. The van der Waals surface area contributed by atoms with E-state index in [1.54, 1.807) is 31.2 Å². The fraction of sp³-hybridized carbons (Fsp3) is 0.167. The van der Waals surface area contributed by atoms with Crippen molar-refractivity contribution in [2.24, 2.45) is 5.84 Å². The smallest absolute Gasteiger partial charge is 0.145 e. The molecule has 0 atom stereocenters. The number of hydrogen-bond acceptors (Lipinski definition) is 5. The van der Waals surface area contributed by atoms with Crippen LogP contribution in [0.1, 0.15) is 11.4 Å². The minimum atomic E-state index is -0.243. The minimum absolute atomic E-state index is 0.243. The molecule has 0 saturated carbocycles. The Morgan fingerprint density at radius 3 is 2.67 bits per heavy atom. The van der Waals surface area contributed by atoms with E-state index in [1.807, 2.05) is 0 Å². The molecule has 94 valence electrons. The van der Waals surface area contributed by atoms with Crippen molar-refractivity contribution in [1.29, 1.82) is 0 Å². The van der Waals surface area contributed by atoms with Gasteiger partial charge in [-0.3, -0.25) is 0 Å². The van der Waals surface area contributed by atoms with Crippen molar-refractivity contribution in [3.63, 3.8) is 0 Å². The Balaban J connectivity index is 2.11. The number of nitrogens with one attached hydrogen (secondary N) is 2. The summed E-state index contributed by atoms with van der Waals surface area (Å²) in [5.74, 6) is 6.74. The Bertz CT molecular complexity index is 544. The van der Waals surface area contributed by atoms with Gasteiger partial charge in [-0.25, -0.2) is 20.2 Å². The number of benzene rings is 1. The zero-order valence-electron chi connectivity index (χ0n) is 9.94. The standard InChI is InChI=1S/C12H14FN5/c1-8-16-11(6-12(17-8)18-14)15-7-9-4-2-3-5-10(9)13/h2-6H,7,14H2,1H3,(H2,15,16,17,18). The molecular weight excluding hydrogens is 233 g/mol. The molecule has 0 spiro atoms. The Labute approximate surface area is 104 Å². The highest BCUT2D eigenvalue weighted by Crippen LogP contribution is 2.12. The van der Waals surface area contributed by atoms with Crippen molar-refractivity contribution in [3.8, 4) is 0 Å². The fourth-order valence-electron chi connectivity index (χ4n) is 1.56. The molecule has 6 heteroatoms. The van der Waals surface area contributed by atoms with Gasteiger partial charge in [0.2, 0.25) is 0 Å². The Kier molecular flexibility index (Phi) is 3.69. The predicted molar refractivity (Wildman–Crippen MR) is 68.3 cm³/mol. The Hall–Kier alpha value is -2.21. The highest BCUT2D eigenvalue weighted by atomic mass is 19.1. The first-order valence-corrected chi connectivity index (χ1v) is 5.48. The summed E-state index contributed by atoms with van der Waals surface area (Å²) < 4.78 is 13.4. The SMILES string of the molecule is Cc1nc(NN)cc(NCc2ccccc2F)n1. The lowest BCUT2D eigenvalue weighted by Crippen LogP contribution is -2.11. The summed E-state index contributed by atoms with van der Waals surface area (Å²) in [5, 5.41) is 3.03. The maximum Gasteiger partial charge on any atom is 0.145 e. The van der Waals surface area contributed by atoms with Gasteiger partial charge in [0.15, 0.2) is 0 Å². The molecule has 1 aromatic heterocycles. The second kappa shape index (κ2) is 5.42. The zero-order chi connectivity index (χ0) is 13.0. The molecule has 2 rings (SSSR count). The van der Waals surface area contributed by atoms with Crippen molar-refractivity contribution < 1.29 is 4.39 Å². The number of halogens is 1. The van der Waals surface area contributed by atoms with Crippen LogP contribution in [-0.4, -0.2) is 9.97 Å². The summed E-state index contributed by atoms with van der Waals surface area (Å²) in [6.45, 7) is 2.11. The molecule has 5 nitrogen and oxygen atoms in total. The van der Waals surface area contributed by atoms with Crippen molar-refractivity contribution in [1.82, 2.24) is 9.97 Å². The number of aryl methyl sites for hydroxylation is 1. The van der Waals surface area contributed by atoms with Gasteiger partial charge >= 0.3 is 0 Å². The molecular formula is C12H14FN5. The monoisotopic (exact) mass is 247 g/mol. The van der Waals surface area contributed by atoms with Gasteiger partial charge in [-0.05, 0) is 13.0 Å². The van der Waals surface area contributed by atoms with E-state index in [4.69, 9.17) is 5.84 Å². The number of nitrogen functional groups attached to an aromatic ring is 1. The van der Waals surface area contributed by atoms with Gasteiger partial charge in [-0.2, -0.15) is 0 Å². The van der Waals surface area contributed by atoms with Crippen LogP contribution in [0.4, 0.5) is 16.0 Å². The third kappa shape index (κ3) is 2.92. The molecule has 0 fully saturated rings. The largest absolute Gasteiger partial charge is 0.366 e. The number of nitrogens with two attached hydrogens (primary N) is 1. The molecule has 0 aliphatic heterocycles. The third-order valence-corrected chi connectivity index (χ3v) is 2.40. The van der Waals surface area contributed by atoms with Crippen LogP contribution >= 0.6 is 0 Å². The maximum absolute atomic E-state index is 13.4. The summed E-state index contributed by atoms with van der Waals surface area (Å²) in [7, 11) is 0. The van der Waals surface area contributed by atoms with E-state index in [1.165, 1.54) is 6.07 Å². The molecule has 0 saturated heterocycles. The molecule has 0 amide bonds. The maximum atomic E-state index is 13.4. The first kappa shape index (κ1) is 12.3. The van der Waals surface area contributed by atoms with E-state index < -0.39 is 0 Å². The molecule has 0 bridgehead atoms. The van der Waals surface area contributed by atoms with Crippen molar-refractivity contribution >= 4 is 11.6 Å². The minimum Gasteiger partial charge on any atom is -0.366 e. The summed E-state index contributed by atoms with van der Waals surface area (Å²) in [6, 6.07) is 8.25. The van der Waals surface area contributed by atoms with Crippen LogP contribution in [0.5, 0.6) is 0 Å². The first-order valence-electron chi connectivity index (χ1n) is 5.48. The average Bonchev–Trinajstić information content (AvgIpc) is 2.37. The van der Waals surface area contributed by atoms with E-state index in [0.29, 0.717) is 29.6 Å². The van der Waals surface area contributed by atoms with Crippen LogP contribution in [0.25, 0.3) is 0 Å². The lowest BCUT2D eigenvalue weighted by molar-refractivity contribution is 0.613. The lowest BCUT2D eigenvalue weighted by atomic mass is 10.2. The molecule has 0 aliphatic rings. The molecule has 18 heavy (non-hydrogen) atoms. The third-order valence-electron chi connectivity index (χ3n) is 2.40. The van der Waals surface area contributed by atoms with E-state index in [-0.39, 0.29) is 5.82 Å². The summed E-state index contributed by atoms with van der Waals surface area (Å²) in [5.41, 5.74) is 3.03. The summed E-state index contributed by atoms with van der Waals surface area (Å²) in [6.07, 6.45) is 0. The van der Waals surface area contributed by atoms with Gasteiger partial charge in [0.1, 0.15) is 23.3 Å². The van der Waals surface area contributed by atoms with Gasteiger partial charge in [-0.15, -0.1) is 0 Å². The molecule has 1 aromatic carbocycles. The van der Waals surface area contributed by atoms with Crippen LogP contribution < -0.4 is 16.6 Å². The zero-order valence-corrected chi connectivity index (χ0v) is 9.94.